The molecule has 0 radical (unpaired) electrons. The van der Waals surface area contributed by atoms with Crippen LogP contribution in [0.25, 0.3) is 0 Å². The summed E-state index contributed by atoms with van der Waals surface area (Å²) in [4.78, 5) is 10.1. The topological polar surface area (TPSA) is 87.6 Å². The van der Waals surface area contributed by atoms with Gasteiger partial charge in [-0.25, -0.2) is 4.79 Å². The number of ether oxygens (including phenoxy) is 2. The summed E-state index contributed by atoms with van der Waals surface area (Å²) in [5.41, 5.74) is 10.2. The average Bonchev–Trinajstić information content (AvgIpc) is 1.85. The lowest BCUT2D eigenvalue weighted by atomic mass is 10.5. The molecule has 0 aromatic heterocycles. The summed E-state index contributed by atoms with van der Waals surface area (Å²) in [5.74, 6) is 0. The lowest BCUT2D eigenvalue weighted by Crippen LogP contribution is -2.37. The van der Waals surface area contributed by atoms with Gasteiger partial charge in [-0.2, -0.15) is 0 Å². The third-order valence-corrected chi connectivity index (χ3v) is 0.788. The van der Waals surface area contributed by atoms with Gasteiger partial charge in [0.15, 0.2) is 0 Å². The highest BCUT2D eigenvalue weighted by molar-refractivity contribution is 5.62. The van der Waals surface area contributed by atoms with Crippen molar-refractivity contribution >= 4 is 6.16 Å². The van der Waals surface area contributed by atoms with Crippen molar-refractivity contribution in [3.05, 3.63) is 0 Å². The highest BCUT2D eigenvalue weighted by Crippen LogP contribution is 2.04. The van der Waals surface area contributed by atoms with Crippen LogP contribution >= 0.6 is 0 Å². The quantitative estimate of drug-likeness (QED) is 0.387. The van der Waals surface area contributed by atoms with E-state index >= 15 is 0 Å². The van der Waals surface area contributed by atoms with Gasteiger partial charge in [0.2, 0.25) is 12.5 Å². The van der Waals surface area contributed by atoms with E-state index in [2.05, 4.69) is 9.47 Å². The average molecular weight is 118 g/mol. The zero-order valence-electron chi connectivity index (χ0n) is 4.03. The van der Waals surface area contributed by atoms with E-state index in [1.807, 2.05) is 0 Å². The van der Waals surface area contributed by atoms with Crippen LogP contribution in [0, 0.1) is 0 Å². The van der Waals surface area contributed by atoms with Gasteiger partial charge >= 0.3 is 6.16 Å². The Balaban J connectivity index is 2.51. The second-order valence-electron chi connectivity index (χ2n) is 1.41. The Morgan fingerprint density at radius 2 is 1.62 bits per heavy atom. The number of hydrogen-bond donors (Lipinski definition) is 2. The van der Waals surface area contributed by atoms with Crippen molar-refractivity contribution in [2.24, 2.45) is 11.5 Å². The third kappa shape index (κ3) is 0.728. The van der Waals surface area contributed by atoms with Gasteiger partial charge in [0, 0.05) is 0 Å². The summed E-state index contributed by atoms with van der Waals surface area (Å²) in [6, 6.07) is 0. The Bertz CT molecular complexity index is 103. The molecule has 1 saturated heterocycles. The van der Waals surface area contributed by atoms with E-state index in [9.17, 15) is 4.79 Å². The van der Waals surface area contributed by atoms with E-state index in [-0.39, 0.29) is 0 Å². The van der Waals surface area contributed by atoms with E-state index in [0.29, 0.717) is 0 Å². The number of cyclic esters (lactones) is 2. The van der Waals surface area contributed by atoms with Crippen LogP contribution in [0.15, 0.2) is 0 Å². The highest BCUT2D eigenvalue weighted by Gasteiger charge is 2.29. The van der Waals surface area contributed by atoms with Crippen molar-refractivity contribution in [2.75, 3.05) is 0 Å². The molecule has 5 nitrogen and oxygen atoms in total. The first-order chi connectivity index (χ1) is 3.70. The minimum atomic E-state index is -0.803. The molecule has 0 aromatic rings. The van der Waals surface area contributed by atoms with Gasteiger partial charge in [0.05, 0.1) is 0 Å². The maximum Gasteiger partial charge on any atom is 0.511 e. The molecule has 0 aromatic carbocycles. The standard InChI is InChI=1S/C3H6N2O3/c4-1-2(5)8-3(6)7-1/h1-2H,4-5H2. The monoisotopic (exact) mass is 118 g/mol. The van der Waals surface area contributed by atoms with E-state index in [1.165, 1.54) is 0 Å². The zero-order chi connectivity index (χ0) is 6.15. The van der Waals surface area contributed by atoms with E-state index in [4.69, 9.17) is 11.5 Å². The maximum atomic E-state index is 10.1. The van der Waals surface area contributed by atoms with E-state index in [0.717, 1.165) is 0 Å². The first-order valence-corrected chi connectivity index (χ1v) is 2.08. The Morgan fingerprint density at radius 1 is 1.25 bits per heavy atom. The van der Waals surface area contributed by atoms with Crippen LogP contribution in [0.5, 0.6) is 0 Å². The third-order valence-electron chi connectivity index (χ3n) is 0.788. The predicted molar refractivity (Wildman–Crippen MR) is 23.5 cm³/mol. The van der Waals surface area contributed by atoms with Crippen molar-refractivity contribution in [2.45, 2.75) is 12.5 Å². The molecule has 0 saturated carbocycles. The molecule has 0 amide bonds. The molecule has 46 valence electrons. The van der Waals surface area contributed by atoms with Gasteiger partial charge in [-0.15, -0.1) is 0 Å². The molecule has 0 aliphatic carbocycles. The SMILES string of the molecule is NC1OC(=O)OC1N. The summed E-state index contributed by atoms with van der Waals surface area (Å²) in [7, 11) is 0. The van der Waals surface area contributed by atoms with Crippen LogP contribution in [0.3, 0.4) is 0 Å². The number of nitrogens with two attached hydrogens (primary N) is 2. The number of carbonyl (C=O) groups excluding carboxylic acids is 1. The van der Waals surface area contributed by atoms with Crippen molar-refractivity contribution < 1.29 is 14.3 Å². The van der Waals surface area contributed by atoms with Crippen molar-refractivity contribution in [1.82, 2.24) is 0 Å². The molecular weight excluding hydrogens is 112 g/mol. The van der Waals surface area contributed by atoms with Crippen LogP contribution in [0.2, 0.25) is 0 Å². The molecule has 8 heavy (non-hydrogen) atoms. The van der Waals surface area contributed by atoms with Crippen LogP contribution in [0.1, 0.15) is 0 Å². The Hall–Kier alpha value is -0.810. The number of carbonyl (C=O) groups is 1. The minimum Gasteiger partial charge on any atom is -0.410 e. The molecule has 1 fully saturated rings. The maximum absolute atomic E-state index is 10.1. The summed E-state index contributed by atoms with van der Waals surface area (Å²) in [5, 5.41) is 0. The molecule has 1 heterocycles. The van der Waals surface area contributed by atoms with Gasteiger partial charge in [-0.1, -0.05) is 0 Å². The largest absolute Gasteiger partial charge is 0.511 e. The molecule has 2 unspecified atom stereocenters. The fraction of sp³-hybridized carbons (Fsp3) is 0.667. The first kappa shape index (κ1) is 5.33. The highest BCUT2D eigenvalue weighted by atomic mass is 16.8. The molecule has 1 aliphatic rings. The Morgan fingerprint density at radius 3 is 1.75 bits per heavy atom. The van der Waals surface area contributed by atoms with Crippen molar-refractivity contribution in [3.63, 3.8) is 0 Å². The summed E-state index contributed by atoms with van der Waals surface area (Å²) in [6.45, 7) is 0. The molecule has 1 aliphatic heterocycles. The first-order valence-electron chi connectivity index (χ1n) is 2.08. The van der Waals surface area contributed by atoms with E-state index in [1.54, 1.807) is 0 Å². The fourth-order valence-corrected chi connectivity index (χ4v) is 0.384. The lowest BCUT2D eigenvalue weighted by Gasteiger charge is -2.00. The molecular formula is C3H6N2O3. The van der Waals surface area contributed by atoms with Gasteiger partial charge in [-0.3, -0.25) is 11.5 Å². The molecule has 5 heteroatoms. The lowest BCUT2D eigenvalue weighted by molar-refractivity contribution is 0.117. The molecule has 0 spiro atoms. The molecule has 4 N–H and O–H groups in total. The molecule has 0 bridgehead atoms. The second-order valence-corrected chi connectivity index (χ2v) is 1.41. The van der Waals surface area contributed by atoms with Crippen LogP contribution in [0.4, 0.5) is 4.79 Å². The number of hydrogen-bond acceptors (Lipinski definition) is 5. The van der Waals surface area contributed by atoms with Gasteiger partial charge in [0.1, 0.15) is 0 Å². The second kappa shape index (κ2) is 1.61. The van der Waals surface area contributed by atoms with Gasteiger partial charge in [0.25, 0.3) is 0 Å². The van der Waals surface area contributed by atoms with Crippen molar-refractivity contribution in [1.29, 1.82) is 0 Å². The molecule has 2 atom stereocenters. The molecule has 1 rings (SSSR count). The fourth-order valence-electron chi connectivity index (χ4n) is 0.384. The van der Waals surface area contributed by atoms with Gasteiger partial charge < -0.3 is 9.47 Å². The predicted octanol–water partition coefficient (Wildman–Crippen LogP) is -1.28. The van der Waals surface area contributed by atoms with Crippen LogP contribution < -0.4 is 11.5 Å². The number of rotatable bonds is 0. The van der Waals surface area contributed by atoms with Crippen molar-refractivity contribution in [3.8, 4) is 0 Å². The minimum absolute atomic E-state index is 0.801. The normalized spacial score (nSPS) is 36.5. The summed E-state index contributed by atoms with van der Waals surface area (Å²) >= 11 is 0. The van der Waals surface area contributed by atoms with Crippen LogP contribution in [-0.2, 0) is 9.47 Å². The summed E-state index contributed by atoms with van der Waals surface area (Å²) in [6.07, 6.45) is -2.41. The van der Waals surface area contributed by atoms with Gasteiger partial charge in [-0.05, 0) is 0 Å². The summed E-state index contributed by atoms with van der Waals surface area (Å²) < 4.78 is 8.53. The Kier molecular flexibility index (Phi) is 1.07. The van der Waals surface area contributed by atoms with Crippen LogP contribution in [-0.4, -0.2) is 18.6 Å². The van der Waals surface area contributed by atoms with E-state index < -0.39 is 18.6 Å². The smallest absolute Gasteiger partial charge is 0.410 e. The Labute approximate surface area is 45.5 Å². The zero-order valence-corrected chi connectivity index (χ0v) is 4.03.